The van der Waals surface area contributed by atoms with Crippen LogP contribution in [0.3, 0.4) is 0 Å². The number of fused-ring (bicyclic) bond motifs is 3. The van der Waals surface area contributed by atoms with Crippen molar-refractivity contribution in [2.75, 3.05) is 6.61 Å². The van der Waals surface area contributed by atoms with Crippen molar-refractivity contribution in [1.29, 1.82) is 0 Å². The first-order valence-corrected chi connectivity index (χ1v) is 7.53. The molecule has 0 radical (unpaired) electrons. The van der Waals surface area contributed by atoms with E-state index in [2.05, 4.69) is 15.9 Å². The summed E-state index contributed by atoms with van der Waals surface area (Å²) in [5, 5.41) is 0. The van der Waals surface area contributed by atoms with Gasteiger partial charge in [0.2, 0.25) is 0 Å². The zero-order valence-corrected chi connectivity index (χ0v) is 13.0. The molecule has 0 saturated heterocycles. The number of carbonyl (C=O) groups excluding carboxylic acids is 2. The molecular weight excluding hydrogens is 332 g/mol. The number of esters is 1. The van der Waals surface area contributed by atoms with Crippen LogP contribution in [0.15, 0.2) is 46.9 Å². The second kappa shape index (κ2) is 5.45. The molecule has 0 saturated carbocycles. The molecule has 0 bridgehead atoms. The van der Waals surface area contributed by atoms with E-state index < -0.39 is 11.9 Å². The lowest BCUT2D eigenvalue weighted by Crippen LogP contribution is -2.28. The van der Waals surface area contributed by atoms with E-state index in [1.54, 1.807) is 13.0 Å². The molecule has 1 aliphatic rings. The van der Waals surface area contributed by atoms with Crippen molar-refractivity contribution in [3.05, 3.63) is 58.1 Å². The van der Waals surface area contributed by atoms with Crippen molar-refractivity contribution in [1.82, 2.24) is 0 Å². The van der Waals surface area contributed by atoms with Crippen molar-refractivity contribution >= 4 is 27.7 Å². The highest BCUT2D eigenvalue weighted by Gasteiger charge is 2.39. The first kappa shape index (κ1) is 14.0. The smallest absolute Gasteiger partial charge is 0.321 e. The largest absolute Gasteiger partial charge is 0.465 e. The van der Waals surface area contributed by atoms with Gasteiger partial charge < -0.3 is 4.74 Å². The molecule has 0 fully saturated rings. The number of rotatable bonds is 2. The third-order valence-electron chi connectivity index (χ3n) is 3.61. The molecule has 0 aliphatic heterocycles. The minimum atomic E-state index is -0.898. The Balaban J connectivity index is 2.27. The van der Waals surface area contributed by atoms with Crippen LogP contribution >= 0.6 is 15.9 Å². The third-order valence-corrected chi connectivity index (χ3v) is 4.30. The zero-order valence-electron chi connectivity index (χ0n) is 11.4. The first-order valence-electron chi connectivity index (χ1n) is 6.73. The summed E-state index contributed by atoms with van der Waals surface area (Å²) >= 11 is 3.46. The van der Waals surface area contributed by atoms with Gasteiger partial charge in [-0.05, 0) is 29.7 Å². The molecule has 1 atom stereocenters. The summed E-state index contributed by atoms with van der Waals surface area (Å²) in [6, 6.07) is 13.0. The highest BCUT2D eigenvalue weighted by atomic mass is 79.9. The van der Waals surface area contributed by atoms with Gasteiger partial charge in [-0.3, -0.25) is 9.59 Å². The molecule has 1 aliphatic carbocycles. The van der Waals surface area contributed by atoms with Crippen LogP contribution < -0.4 is 0 Å². The Kier molecular flexibility index (Phi) is 3.64. The van der Waals surface area contributed by atoms with Gasteiger partial charge in [0.1, 0.15) is 5.92 Å². The maximum atomic E-state index is 12.7. The molecule has 2 aromatic carbocycles. The lowest BCUT2D eigenvalue weighted by molar-refractivity contribution is -0.143. The Labute approximate surface area is 131 Å². The molecule has 106 valence electrons. The Morgan fingerprint density at radius 2 is 1.76 bits per heavy atom. The Morgan fingerprint density at radius 1 is 1.10 bits per heavy atom. The van der Waals surface area contributed by atoms with Crippen molar-refractivity contribution in [2.45, 2.75) is 12.8 Å². The average molecular weight is 345 g/mol. The number of carbonyl (C=O) groups is 2. The number of benzene rings is 2. The maximum absolute atomic E-state index is 12.7. The molecule has 0 aromatic heterocycles. The first-order chi connectivity index (χ1) is 10.1. The van der Waals surface area contributed by atoms with Gasteiger partial charge in [0.15, 0.2) is 5.78 Å². The van der Waals surface area contributed by atoms with Gasteiger partial charge >= 0.3 is 5.97 Å². The minimum absolute atomic E-state index is 0.205. The Morgan fingerprint density at radius 3 is 2.48 bits per heavy atom. The van der Waals surface area contributed by atoms with E-state index in [9.17, 15) is 9.59 Å². The predicted molar refractivity (Wildman–Crippen MR) is 83.3 cm³/mol. The zero-order chi connectivity index (χ0) is 15.0. The number of hydrogen-bond acceptors (Lipinski definition) is 3. The Hall–Kier alpha value is -1.94. The lowest BCUT2D eigenvalue weighted by atomic mass is 9.78. The molecule has 3 nitrogen and oxygen atoms in total. The van der Waals surface area contributed by atoms with Gasteiger partial charge in [0, 0.05) is 10.0 Å². The summed E-state index contributed by atoms with van der Waals surface area (Å²) in [5.41, 5.74) is 3.03. The number of halogens is 1. The van der Waals surface area contributed by atoms with Crippen molar-refractivity contribution in [3.63, 3.8) is 0 Å². The van der Waals surface area contributed by atoms with Crippen LogP contribution in [0, 0.1) is 0 Å². The summed E-state index contributed by atoms with van der Waals surface area (Å²) in [7, 11) is 0. The fourth-order valence-electron chi connectivity index (χ4n) is 2.74. The van der Waals surface area contributed by atoms with Crippen LogP contribution in [0.4, 0.5) is 0 Å². The van der Waals surface area contributed by atoms with E-state index in [1.165, 1.54) is 0 Å². The lowest BCUT2D eigenvalue weighted by Gasteiger charge is -2.26. The molecule has 4 heteroatoms. The van der Waals surface area contributed by atoms with E-state index in [0.717, 1.165) is 15.6 Å². The number of ether oxygens (including phenoxy) is 1. The molecule has 0 amide bonds. The normalized spacial score (nSPS) is 16.1. The monoisotopic (exact) mass is 344 g/mol. The predicted octanol–water partition coefficient (Wildman–Crippen LogP) is 3.96. The van der Waals surface area contributed by atoms with Crippen LogP contribution in [-0.4, -0.2) is 18.4 Å². The van der Waals surface area contributed by atoms with Gasteiger partial charge in [-0.2, -0.15) is 0 Å². The van der Waals surface area contributed by atoms with E-state index >= 15 is 0 Å². The standard InChI is InChI=1S/C17H13BrO3/c1-2-21-17(20)15-14-11(8-5-9-13(14)18)10-6-3-4-7-12(10)16(15)19/h3-9,15H,2H2,1H3. The van der Waals surface area contributed by atoms with E-state index in [1.807, 2.05) is 36.4 Å². The van der Waals surface area contributed by atoms with Gasteiger partial charge in [-0.15, -0.1) is 0 Å². The van der Waals surface area contributed by atoms with Gasteiger partial charge in [0.25, 0.3) is 0 Å². The molecule has 0 N–H and O–H groups in total. The Bertz CT molecular complexity index is 737. The van der Waals surface area contributed by atoms with Crippen molar-refractivity contribution in [2.24, 2.45) is 0 Å². The average Bonchev–Trinajstić information content (AvgIpc) is 2.49. The van der Waals surface area contributed by atoms with Crippen LogP contribution in [0.5, 0.6) is 0 Å². The second-order valence-corrected chi connectivity index (χ2v) is 5.65. The SMILES string of the molecule is CCOC(=O)C1C(=O)c2ccccc2-c2cccc(Br)c21. The van der Waals surface area contributed by atoms with Crippen molar-refractivity contribution < 1.29 is 14.3 Å². The molecular formula is C17H13BrO3. The molecule has 0 spiro atoms. The molecule has 21 heavy (non-hydrogen) atoms. The van der Waals surface area contributed by atoms with Gasteiger partial charge in [-0.25, -0.2) is 0 Å². The fraction of sp³-hybridized carbons (Fsp3) is 0.176. The van der Waals surface area contributed by atoms with Crippen LogP contribution in [-0.2, 0) is 9.53 Å². The van der Waals surface area contributed by atoms with Crippen LogP contribution in [0.25, 0.3) is 11.1 Å². The number of hydrogen-bond donors (Lipinski definition) is 0. The van der Waals surface area contributed by atoms with Gasteiger partial charge in [0.05, 0.1) is 6.61 Å². The van der Waals surface area contributed by atoms with Crippen LogP contribution in [0.2, 0.25) is 0 Å². The molecule has 0 heterocycles. The third kappa shape index (κ3) is 2.20. The van der Waals surface area contributed by atoms with Crippen molar-refractivity contribution in [3.8, 4) is 11.1 Å². The highest BCUT2D eigenvalue weighted by Crippen LogP contribution is 2.43. The maximum Gasteiger partial charge on any atom is 0.321 e. The summed E-state index contributed by atoms with van der Waals surface area (Å²) in [5.74, 6) is -1.60. The quantitative estimate of drug-likeness (QED) is 0.611. The molecule has 2 aromatic rings. The summed E-state index contributed by atoms with van der Waals surface area (Å²) in [6.45, 7) is 1.99. The van der Waals surface area contributed by atoms with E-state index in [0.29, 0.717) is 11.1 Å². The summed E-state index contributed by atoms with van der Waals surface area (Å²) in [4.78, 5) is 25.0. The van der Waals surface area contributed by atoms with E-state index in [-0.39, 0.29) is 12.4 Å². The van der Waals surface area contributed by atoms with Gasteiger partial charge in [-0.1, -0.05) is 52.3 Å². The van der Waals surface area contributed by atoms with Crippen LogP contribution in [0.1, 0.15) is 28.8 Å². The minimum Gasteiger partial charge on any atom is -0.465 e. The number of Topliss-reactive ketones (excluding diaryl/α,β-unsaturated/α-hetero) is 1. The summed E-state index contributed by atoms with van der Waals surface area (Å²) in [6.07, 6.45) is 0. The highest BCUT2D eigenvalue weighted by molar-refractivity contribution is 9.10. The second-order valence-electron chi connectivity index (χ2n) is 4.80. The molecule has 3 rings (SSSR count). The summed E-state index contributed by atoms with van der Waals surface area (Å²) < 4.78 is 5.85. The topological polar surface area (TPSA) is 43.4 Å². The molecule has 1 unspecified atom stereocenters. The fourth-order valence-corrected chi connectivity index (χ4v) is 3.33. The number of ketones is 1. The van der Waals surface area contributed by atoms with E-state index in [4.69, 9.17) is 4.74 Å².